The fourth-order valence-corrected chi connectivity index (χ4v) is 4.13. The van der Waals surface area contributed by atoms with Gasteiger partial charge in [-0.05, 0) is 23.9 Å². The first kappa shape index (κ1) is 12.4. The van der Waals surface area contributed by atoms with E-state index in [0.717, 1.165) is 17.1 Å². The lowest BCUT2D eigenvalue weighted by atomic mass is 10.2. The second-order valence-electron chi connectivity index (χ2n) is 4.41. The number of hydrazine groups is 1. The molecule has 0 aliphatic carbocycles. The molecule has 1 aliphatic heterocycles. The van der Waals surface area contributed by atoms with Crippen molar-refractivity contribution in [3.8, 4) is 0 Å². The number of amidine groups is 1. The minimum Gasteiger partial charge on any atom is -0.276 e. The van der Waals surface area contributed by atoms with E-state index in [1.807, 2.05) is 72.1 Å². The lowest BCUT2D eigenvalue weighted by Gasteiger charge is -2.25. The van der Waals surface area contributed by atoms with Crippen molar-refractivity contribution in [2.45, 2.75) is 0 Å². The Kier molecular flexibility index (Phi) is 3.13. The highest BCUT2D eigenvalue weighted by atomic mass is 32.4. The van der Waals surface area contributed by atoms with Gasteiger partial charge in [-0.1, -0.05) is 48.5 Å². The van der Waals surface area contributed by atoms with Crippen LogP contribution in [0.4, 0.5) is 5.69 Å². The van der Waals surface area contributed by atoms with Crippen LogP contribution in [0.3, 0.4) is 0 Å². The number of anilines is 1. The van der Waals surface area contributed by atoms with Crippen molar-refractivity contribution in [2.75, 3.05) is 11.4 Å². The Hall–Kier alpha value is -1.64. The molecule has 2 aromatic carbocycles. The third kappa shape index (κ3) is 2.42. The lowest BCUT2D eigenvalue weighted by molar-refractivity contribution is 1.03. The Morgan fingerprint density at radius 1 is 1.00 bits per heavy atom. The molecule has 0 saturated heterocycles. The highest BCUT2D eigenvalue weighted by Gasteiger charge is 2.29. The number of hydrogen-bond donors (Lipinski definition) is 1. The van der Waals surface area contributed by atoms with Crippen LogP contribution in [0.5, 0.6) is 0 Å². The first-order valence-corrected chi connectivity index (χ1v) is 9.18. The van der Waals surface area contributed by atoms with E-state index in [0.29, 0.717) is 0 Å². The molecule has 0 aromatic heterocycles. The van der Waals surface area contributed by atoms with Gasteiger partial charge in [-0.15, -0.1) is 0 Å². The number of hydrogen-bond acceptors (Lipinski definition) is 2. The molecule has 1 aliphatic rings. The Labute approximate surface area is 118 Å². The molecule has 2 aromatic rings. The fraction of sp³-hybridized carbons (Fsp3) is 0.0714. The SMILES string of the molecule is CP1(=S)N=C(c2ccccc2)NN1c1ccccc1. The third-order valence-corrected chi connectivity index (χ3v) is 5.30. The van der Waals surface area contributed by atoms with Gasteiger partial charge in [0.1, 0.15) is 0 Å². The average molecular weight is 287 g/mol. The van der Waals surface area contributed by atoms with E-state index >= 15 is 0 Å². The molecule has 3 rings (SSSR count). The normalized spacial score (nSPS) is 21.9. The maximum Gasteiger partial charge on any atom is 0.159 e. The number of benzene rings is 2. The molecule has 3 nitrogen and oxygen atoms in total. The van der Waals surface area contributed by atoms with Crippen molar-refractivity contribution >= 4 is 29.7 Å². The van der Waals surface area contributed by atoms with Crippen LogP contribution in [0.1, 0.15) is 5.56 Å². The predicted molar refractivity (Wildman–Crippen MR) is 85.2 cm³/mol. The van der Waals surface area contributed by atoms with E-state index in [2.05, 4.69) is 5.43 Å². The third-order valence-electron chi connectivity index (χ3n) is 2.92. The summed E-state index contributed by atoms with van der Waals surface area (Å²) in [6.45, 7) is 2.03. The largest absolute Gasteiger partial charge is 0.276 e. The maximum absolute atomic E-state index is 5.68. The van der Waals surface area contributed by atoms with Gasteiger partial charge >= 0.3 is 0 Å². The summed E-state index contributed by atoms with van der Waals surface area (Å²) in [6.07, 6.45) is -1.95. The molecule has 0 bridgehead atoms. The van der Waals surface area contributed by atoms with Gasteiger partial charge in [-0.3, -0.25) is 5.43 Å². The fourth-order valence-electron chi connectivity index (χ4n) is 2.01. The maximum atomic E-state index is 5.68. The minimum absolute atomic E-state index is 0.857. The standard InChI is InChI=1S/C14H14N3PS/c1-18(19)16-14(12-8-4-2-5-9-12)15-17(18)13-10-6-3-7-11-13/h2-11H,1H3,(H,15,16,19). The number of nitrogens with one attached hydrogen (secondary N) is 1. The molecule has 1 unspecified atom stereocenters. The number of nitrogens with zero attached hydrogens (tertiary/aromatic N) is 2. The predicted octanol–water partition coefficient (Wildman–Crippen LogP) is 3.40. The molecule has 1 heterocycles. The first-order valence-electron chi connectivity index (χ1n) is 6.02. The zero-order valence-corrected chi connectivity index (χ0v) is 12.2. The summed E-state index contributed by atoms with van der Waals surface area (Å²) in [7, 11) is 0. The Bertz CT molecular complexity index is 655. The molecule has 0 amide bonds. The molecule has 0 saturated carbocycles. The van der Waals surface area contributed by atoms with Crippen molar-refractivity contribution in [3.05, 3.63) is 66.2 Å². The van der Waals surface area contributed by atoms with E-state index in [9.17, 15) is 0 Å². The summed E-state index contributed by atoms with van der Waals surface area (Å²) in [5.41, 5.74) is 5.47. The Morgan fingerprint density at radius 2 is 1.58 bits per heavy atom. The van der Waals surface area contributed by atoms with E-state index in [-0.39, 0.29) is 0 Å². The van der Waals surface area contributed by atoms with E-state index in [1.54, 1.807) is 0 Å². The smallest absolute Gasteiger partial charge is 0.159 e. The summed E-state index contributed by atoms with van der Waals surface area (Å²) >= 11 is 5.68. The molecule has 96 valence electrons. The molecule has 0 fully saturated rings. The van der Waals surface area contributed by atoms with Crippen LogP contribution in [0.2, 0.25) is 0 Å². The minimum atomic E-state index is -1.95. The monoisotopic (exact) mass is 287 g/mol. The second kappa shape index (κ2) is 4.80. The lowest BCUT2D eigenvalue weighted by Crippen LogP contribution is -2.34. The van der Waals surface area contributed by atoms with Gasteiger partial charge in [0.25, 0.3) is 0 Å². The van der Waals surface area contributed by atoms with Crippen LogP contribution in [-0.2, 0) is 11.8 Å². The van der Waals surface area contributed by atoms with E-state index < -0.39 is 6.34 Å². The van der Waals surface area contributed by atoms with Crippen LogP contribution in [0.15, 0.2) is 65.4 Å². The van der Waals surface area contributed by atoms with Crippen LogP contribution < -0.4 is 10.2 Å². The van der Waals surface area contributed by atoms with Crippen molar-refractivity contribution < 1.29 is 0 Å². The summed E-state index contributed by atoms with van der Waals surface area (Å²) < 4.78 is 6.72. The van der Waals surface area contributed by atoms with Gasteiger partial charge in [0, 0.05) is 12.2 Å². The summed E-state index contributed by atoms with van der Waals surface area (Å²) in [5.74, 6) is 0.857. The Balaban J connectivity index is 1.96. The molecule has 0 radical (unpaired) electrons. The zero-order chi connectivity index (χ0) is 13.3. The number of para-hydroxylation sites is 1. The Morgan fingerprint density at radius 3 is 2.21 bits per heavy atom. The van der Waals surface area contributed by atoms with Gasteiger partial charge in [0.15, 0.2) is 12.2 Å². The topological polar surface area (TPSA) is 27.6 Å². The summed E-state index contributed by atoms with van der Waals surface area (Å²) in [6, 6.07) is 20.2. The van der Waals surface area contributed by atoms with Crippen molar-refractivity contribution in [1.82, 2.24) is 5.43 Å². The highest BCUT2D eigenvalue weighted by Crippen LogP contribution is 2.52. The van der Waals surface area contributed by atoms with Crippen LogP contribution in [-0.4, -0.2) is 12.5 Å². The van der Waals surface area contributed by atoms with Crippen molar-refractivity contribution in [3.63, 3.8) is 0 Å². The van der Waals surface area contributed by atoms with Crippen LogP contribution in [0, 0.1) is 0 Å². The van der Waals surface area contributed by atoms with Crippen LogP contribution >= 0.6 is 6.34 Å². The first-order chi connectivity index (χ1) is 9.17. The quantitative estimate of drug-likeness (QED) is 0.858. The molecule has 5 heteroatoms. The molecular weight excluding hydrogens is 273 g/mol. The van der Waals surface area contributed by atoms with Crippen LogP contribution in [0.25, 0.3) is 0 Å². The van der Waals surface area contributed by atoms with Crippen molar-refractivity contribution in [1.29, 1.82) is 0 Å². The van der Waals surface area contributed by atoms with Gasteiger partial charge in [-0.2, -0.15) is 0 Å². The molecule has 1 N–H and O–H groups in total. The molecule has 19 heavy (non-hydrogen) atoms. The average Bonchev–Trinajstić information content (AvgIpc) is 2.77. The summed E-state index contributed by atoms with van der Waals surface area (Å²) in [4.78, 5) is 0. The highest BCUT2D eigenvalue weighted by molar-refractivity contribution is 8.14. The molecular formula is C14H14N3PS. The van der Waals surface area contributed by atoms with E-state index in [1.165, 1.54) is 0 Å². The van der Waals surface area contributed by atoms with E-state index in [4.69, 9.17) is 16.6 Å². The van der Waals surface area contributed by atoms with Crippen molar-refractivity contribution in [2.24, 2.45) is 4.76 Å². The molecule has 1 atom stereocenters. The van der Waals surface area contributed by atoms with Gasteiger partial charge < -0.3 is 0 Å². The van der Waals surface area contributed by atoms with Gasteiger partial charge in [-0.25, -0.2) is 9.54 Å². The second-order valence-corrected chi connectivity index (χ2v) is 8.75. The van der Waals surface area contributed by atoms with Gasteiger partial charge in [0.05, 0.1) is 5.69 Å². The zero-order valence-electron chi connectivity index (χ0n) is 10.5. The molecule has 0 spiro atoms. The van der Waals surface area contributed by atoms with Gasteiger partial charge in [0.2, 0.25) is 0 Å². The summed E-state index contributed by atoms with van der Waals surface area (Å²) in [5, 5.41) is 0. The number of rotatable bonds is 2.